The van der Waals surface area contributed by atoms with Crippen molar-refractivity contribution < 1.29 is 0 Å². The van der Waals surface area contributed by atoms with E-state index in [9.17, 15) is 0 Å². The van der Waals surface area contributed by atoms with Crippen LogP contribution >= 0.6 is 11.8 Å². The predicted molar refractivity (Wildman–Crippen MR) is 63.2 cm³/mol. The number of hydrogen-bond acceptors (Lipinski definition) is 4. The molecule has 1 fully saturated rings. The second kappa shape index (κ2) is 4.00. The average Bonchev–Trinajstić information content (AvgIpc) is 2.23. The Labute approximate surface area is 94.1 Å². The van der Waals surface area contributed by atoms with E-state index in [-0.39, 0.29) is 0 Å². The van der Waals surface area contributed by atoms with Gasteiger partial charge in [0.05, 0.1) is 5.69 Å². The summed E-state index contributed by atoms with van der Waals surface area (Å²) in [6.45, 7) is 0. The summed E-state index contributed by atoms with van der Waals surface area (Å²) < 4.78 is 0. The lowest BCUT2D eigenvalue weighted by molar-refractivity contribution is 0.444. The normalized spacial score (nSPS) is 20.5. The van der Waals surface area contributed by atoms with Crippen molar-refractivity contribution >= 4 is 17.6 Å². The summed E-state index contributed by atoms with van der Waals surface area (Å²) >= 11 is 1.99. The Hall–Kier alpha value is -0.770. The number of thioether (sulfide) groups is 1. The number of nitrogens with one attached hydrogen (secondary N) is 1. The summed E-state index contributed by atoms with van der Waals surface area (Å²) in [6, 6.07) is 2.83. The van der Waals surface area contributed by atoms with E-state index in [1.54, 1.807) is 0 Å². The average molecular weight is 221 g/mol. The highest BCUT2D eigenvalue weighted by Gasteiger charge is 2.18. The highest BCUT2D eigenvalue weighted by Crippen LogP contribution is 2.26. The number of fused-ring (bicyclic) bond motifs is 1. The predicted octanol–water partition coefficient (Wildman–Crippen LogP) is 2.23. The molecule has 2 heterocycles. The molecule has 1 N–H and O–H groups in total. The summed E-state index contributed by atoms with van der Waals surface area (Å²) in [7, 11) is 0. The molecule has 3 rings (SSSR count). The molecular formula is C11H15N3S. The number of rotatable bonds is 2. The molecule has 0 saturated heterocycles. The van der Waals surface area contributed by atoms with E-state index in [0.717, 1.165) is 18.0 Å². The summed E-state index contributed by atoms with van der Waals surface area (Å²) in [6.07, 6.45) is 5.00. The van der Waals surface area contributed by atoms with Crippen molar-refractivity contribution in [2.75, 3.05) is 11.1 Å². The van der Waals surface area contributed by atoms with Crippen molar-refractivity contribution in [3.63, 3.8) is 0 Å². The van der Waals surface area contributed by atoms with Crippen molar-refractivity contribution in [1.29, 1.82) is 0 Å². The van der Waals surface area contributed by atoms with Crippen LogP contribution in [-0.4, -0.2) is 22.0 Å². The monoisotopic (exact) mass is 221 g/mol. The molecule has 0 radical (unpaired) electrons. The minimum Gasteiger partial charge on any atom is -0.366 e. The number of anilines is 1. The Kier molecular flexibility index (Phi) is 2.52. The molecule has 1 aliphatic carbocycles. The Bertz CT molecular complexity index is 363. The van der Waals surface area contributed by atoms with E-state index in [0.29, 0.717) is 6.04 Å². The van der Waals surface area contributed by atoms with Crippen LogP contribution in [0.4, 0.5) is 5.82 Å². The zero-order valence-corrected chi connectivity index (χ0v) is 9.52. The lowest BCUT2D eigenvalue weighted by atomic mass is 9.93. The van der Waals surface area contributed by atoms with E-state index in [1.807, 2.05) is 11.8 Å². The highest BCUT2D eigenvalue weighted by atomic mass is 32.2. The van der Waals surface area contributed by atoms with Crippen molar-refractivity contribution in [3.8, 4) is 0 Å². The minimum atomic E-state index is 0.647. The molecule has 3 nitrogen and oxygen atoms in total. The van der Waals surface area contributed by atoms with E-state index in [1.165, 1.54) is 36.3 Å². The fourth-order valence-corrected chi connectivity index (χ4v) is 2.93. The first kappa shape index (κ1) is 9.46. The van der Waals surface area contributed by atoms with Gasteiger partial charge in [-0.05, 0) is 36.6 Å². The smallest absolute Gasteiger partial charge is 0.149 e. The van der Waals surface area contributed by atoms with Crippen LogP contribution in [0, 0.1) is 0 Å². The van der Waals surface area contributed by atoms with Gasteiger partial charge >= 0.3 is 0 Å². The number of nitrogens with zero attached hydrogens (tertiary/aromatic N) is 2. The zero-order chi connectivity index (χ0) is 10.1. The third-order valence-electron chi connectivity index (χ3n) is 3.16. The van der Waals surface area contributed by atoms with Crippen LogP contribution in [-0.2, 0) is 12.2 Å². The fraction of sp³-hybridized carbons (Fsp3) is 0.636. The van der Waals surface area contributed by atoms with Gasteiger partial charge in [0.1, 0.15) is 5.82 Å². The molecule has 1 aromatic rings. The van der Waals surface area contributed by atoms with Crippen molar-refractivity contribution in [3.05, 3.63) is 17.3 Å². The zero-order valence-electron chi connectivity index (χ0n) is 8.70. The number of aryl methyl sites for hydroxylation is 1. The molecule has 0 bridgehead atoms. The summed E-state index contributed by atoms with van der Waals surface area (Å²) in [5.74, 6) is 3.27. The largest absolute Gasteiger partial charge is 0.366 e. The van der Waals surface area contributed by atoms with Gasteiger partial charge in [-0.15, -0.1) is 5.10 Å². The quantitative estimate of drug-likeness (QED) is 0.831. The van der Waals surface area contributed by atoms with Gasteiger partial charge in [0, 0.05) is 18.2 Å². The van der Waals surface area contributed by atoms with Crippen molar-refractivity contribution in [1.82, 2.24) is 10.2 Å². The summed E-state index contributed by atoms with van der Waals surface area (Å²) in [5, 5.41) is 12.0. The molecule has 0 aromatic carbocycles. The summed E-state index contributed by atoms with van der Waals surface area (Å²) in [4.78, 5) is 0. The third kappa shape index (κ3) is 1.95. The third-order valence-corrected chi connectivity index (χ3v) is 4.17. The first-order valence-electron chi connectivity index (χ1n) is 5.61. The molecule has 4 heteroatoms. The molecule has 0 amide bonds. The van der Waals surface area contributed by atoms with E-state index < -0.39 is 0 Å². The minimum absolute atomic E-state index is 0.647. The maximum absolute atomic E-state index is 4.30. The number of hydrogen-bond donors (Lipinski definition) is 1. The SMILES string of the molecule is c1c(NC2CCC2)nnc2c1CSCC2. The van der Waals surface area contributed by atoms with Crippen molar-refractivity contribution in [2.24, 2.45) is 0 Å². The van der Waals surface area contributed by atoms with Gasteiger partial charge in [0.15, 0.2) is 0 Å². The molecule has 2 aliphatic rings. The molecule has 1 saturated carbocycles. The molecule has 0 atom stereocenters. The van der Waals surface area contributed by atoms with Crippen LogP contribution < -0.4 is 5.32 Å². The van der Waals surface area contributed by atoms with Crippen molar-refractivity contribution in [2.45, 2.75) is 37.5 Å². The van der Waals surface area contributed by atoms with Gasteiger partial charge in [-0.2, -0.15) is 16.9 Å². The first-order valence-corrected chi connectivity index (χ1v) is 6.77. The second-order valence-electron chi connectivity index (χ2n) is 4.28. The first-order chi connectivity index (χ1) is 7.42. The van der Waals surface area contributed by atoms with Gasteiger partial charge in [0.25, 0.3) is 0 Å². The van der Waals surface area contributed by atoms with E-state index >= 15 is 0 Å². The maximum atomic E-state index is 4.30. The lowest BCUT2D eigenvalue weighted by Gasteiger charge is -2.27. The van der Waals surface area contributed by atoms with E-state index in [4.69, 9.17) is 0 Å². The topological polar surface area (TPSA) is 37.8 Å². The Morgan fingerprint density at radius 3 is 3.07 bits per heavy atom. The molecule has 1 aromatic heterocycles. The maximum Gasteiger partial charge on any atom is 0.149 e. The summed E-state index contributed by atoms with van der Waals surface area (Å²) in [5.41, 5.74) is 2.58. The Morgan fingerprint density at radius 1 is 1.33 bits per heavy atom. The van der Waals surface area contributed by atoms with Crippen LogP contribution in [0.1, 0.15) is 30.5 Å². The van der Waals surface area contributed by atoms with Gasteiger partial charge in [-0.1, -0.05) is 0 Å². The number of aromatic nitrogens is 2. The molecule has 1 aliphatic heterocycles. The van der Waals surface area contributed by atoms with Gasteiger partial charge in [-0.25, -0.2) is 0 Å². The van der Waals surface area contributed by atoms with E-state index in [2.05, 4.69) is 21.6 Å². The van der Waals surface area contributed by atoms with Gasteiger partial charge < -0.3 is 5.32 Å². The van der Waals surface area contributed by atoms with Crippen LogP contribution in [0.25, 0.3) is 0 Å². The molecule has 0 spiro atoms. The molecule has 80 valence electrons. The van der Waals surface area contributed by atoms with Crippen LogP contribution in [0.3, 0.4) is 0 Å². The van der Waals surface area contributed by atoms with Crippen LogP contribution in [0.5, 0.6) is 0 Å². The fourth-order valence-electron chi connectivity index (χ4n) is 1.97. The standard InChI is InChI=1S/C11H15N3S/c1-2-9(3-1)12-11-6-8-7-15-5-4-10(8)13-14-11/h6,9H,1-5,7H2,(H,12,14). The molecular weight excluding hydrogens is 206 g/mol. The second-order valence-corrected chi connectivity index (χ2v) is 5.38. The van der Waals surface area contributed by atoms with Crippen LogP contribution in [0.15, 0.2) is 6.07 Å². The van der Waals surface area contributed by atoms with Crippen LogP contribution in [0.2, 0.25) is 0 Å². The lowest BCUT2D eigenvalue weighted by Crippen LogP contribution is -2.27. The Morgan fingerprint density at radius 2 is 2.27 bits per heavy atom. The van der Waals surface area contributed by atoms with Gasteiger partial charge in [-0.3, -0.25) is 0 Å². The Balaban J connectivity index is 1.77. The molecule has 0 unspecified atom stereocenters. The molecule has 15 heavy (non-hydrogen) atoms. The highest BCUT2D eigenvalue weighted by molar-refractivity contribution is 7.98. The van der Waals surface area contributed by atoms with Gasteiger partial charge in [0.2, 0.25) is 0 Å².